The topological polar surface area (TPSA) is 33.0 Å². The molecule has 2 rings (SSSR count). The van der Waals surface area contributed by atoms with Crippen LogP contribution in [0.4, 0.5) is 0 Å². The highest BCUT2D eigenvalue weighted by atomic mass is 16.5. The summed E-state index contributed by atoms with van der Waals surface area (Å²) in [4.78, 5) is 0. The van der Waals surface area contributed by atoms with Crippen molar-refractivity contribution in [2.24, 2.45) is 0 Å². The molecule has 0 bridgehead atoms. The molecule has 1 fully saturated rings. The quantitative estimate of drug-likeness (QED) is 0.666. The number of nitriles is 1. The molecule has 1 aromatic carbocycles. The second-order valence-electron chi connectivity index (χ2n) is 3.74. The molecule has 0 amide bonds. The van der Waals surface area contributed by atoms with Crippen LogP contribution in [-0.4, -0.2) is 0 Å². The zero-order chi connectivity index (χ0) is 9.80. The Morgan fingerprint density at radius 2 is 1.79 bits per heavy atom. The molecular formula is C12H13NO. The van der Waals surface area contributed by atoms with Crippen LogP contribution in [0, 0.1) is 11.5 Å². The molecular weight excluding hydrogens is 174 g/mol. The van der Waals surface area contributed by atoms with Crippen molar-refractivity contribution in [3.8, 4) is 12.0 Å². The van der Waals surface area contributed by atoms with Crippen molar-refractivity contribution < 1.29 is 4.74 Å². The molecule has 14 heavy (non-hydrogen) atoms. The molecule has 1 aromatic rings. The predicted molar refractivity (Wildman–Crippen MR) is 53.9 cm³/mol. The van der Waals surface area contributed by atoms with Crippen LogP contribution >= 0.6 is 0 Å². The summed E-state index contributed by atoms with van der Waals surface area (Å²) >= 11 is 0. The fraction of sp³-hybridized carbons (Fsp3) is 0.417. The summed E-state index contributed by atoms with van der Waals surface area (Å²) < 4.78 is 4.73. The molecule has 0 aliphatic heterocycles. The van der Waals surface area contributed by atoms with E-state index < -0.39 is 0 Å². The molecule has 0 spiro atoms. The van der Waals surface area contributed by atoms with Crippen LogP contribution in [0.1, 0.15) is 37.2 Å². The standard InChI is InChI=1S/C12H13NO/c13-9-14-12-7-5-11(6-8-12)10-3-1-2-4-10/h5-8,10H,1-4H2. The van der Waals surface area contributed by atoms with Gasteiger partial charge in [-0.3, -0.25) is 0 Å². The minimum atomic E-state index is 0.634. The Hall–Kier alpha value is -1.49. The Labute approximate surface area is 84.1 Å². The third kappa shape index (κ3) is 1.88. The molecule has 1 aliphatic rings. The van der Waals surface area contributed by atoms with Crippen molar-refractivity contribution in [2.75, 3.05) is 0 Å². The maximum Gasteiger partial charge on any atom is 0.292 e. The minimum Gasteiger partial charge on any atom is -0.388 e. The van der Waals surface area contributed by atoms with Gasteiger partial charge in [-0.2, -0.15) is 0 Å². The number of hydrogen-bond donors (Lipinski definition) is 0. The van der Waals surface area contributed by atoms with E-state index in [9.17, 15) is 0 Å². The summed E-state index contributed by atoms with van der Waals surface area (Å²) in [6.07, 6.45) is 6.98. The average Bonchev–Trinajstić information content (AvgIpc) is 2.72. The van der Waals surface area contributed by atoms with Crippen molar-refractivity contribution in [3.63, 3.8) is 0 Å². The van der Waals surface area contributed by atoms with Gasteiger partial charge in [-0.05, 0) is 36.5 Å². The third-order valence-corrected chi connectivity index (χ3v) is 2.87. The summed E-state index contributed by atoms with van der Waals surface area (Å²) in [5, 5.41) is 8.33. The molecule has 0 saturated heterocycles. The van der Waals surface area contributed by atoms with Crippen LogP contribution in [0.2, 0.25) is 0 Å². The van der Waals surface area contributed by atoms with Gasteiger partial charge in [-0.25, -0.2) is 0 Å². The first-order valence-corrected chi connectivity index (χ1v) is 5.06. The third-order valence-electron chi connectivity index (χ3n) is 2.87. The molecule has 0 atom stereocenters. The van der Waals surface area contributed by atoms with Crippen molar-refractivity contribution in [1.82, 2.24) is 0 Å². The number of rotatable bonds is 2. The minimum absolute atomic E-state index is 0.634. The van der Waals surface area contributed by atoms with Gasteiger partial charge in [0.2, 0.25) is 0 Å². The molecule has 0 heterocycles. The normalized spacial score (nSPS) is 16.5. The van der Waals surface area contributed by atoms with Crippen LogP contribution in [0.3, 0.4) is 0 Å². The van der Waals surface area contributed by atoms with Crippen LogP contribution < -0.4 is 4.74 Å². The molecule has 0 unspecified atom stereocenters. The number of nitrogens with zero attached hydrogens (tertiary/aromatic N) is 1. The number of hydrogen-bond acceptors (Lipinski definition) is 2. The maximum absolute atomic E-state index is 8.33. The Morgan fingerprint density at radius 3 is 2.36 bits per heavy atom. The zero-order valence-electron chi connectivity index (χ0n) is 8.07. The predicted octanol–water partition coefficient (Wildman–Crippen LogP) is 3.20. The summed E-state index contributed by atoms with van der Waals surface area (Å²) in [7, 11) is 0. The van der Waals surface area contributed by atoms with E-state index in [1.54, 1.807) is 6.26 Å². The zero-order valence-corrected chi connectivity index (χ0v) is 8.07. The van der Waals surface area contributed by atoms with E-state index in [-0.39, 0.29) is 0 Å². The van der Waals surface area contributed by atoms with Gasteiger partial charge in [0.05, 0.1) is 0 Å². The van der Waals surface area contributed by atoms with Crippen LogP contribution in [0.5, 0.6) is 5.75 Å². The highest BCUT2D eigenvalue weighted by Gasteiger charge is 2.16. The Kier molecular flexibility index (Phi) is 2.69. The summed E-state index contributed by atoms with van der Waals surface area (Å²) in [6.45, 7) is 0. The first kappa shape index (κ1) is 9.08. The van der Waals surface area contributed by atoms with E-state index in [0.29, 0.717) is 5.75 Å². The van der Waals surface area contributed by atoms with E-state index in [4.69, 9.17) is 10.00 Å². The molecule has 1 saturated carbocycles. The van der Waals surface area contributed by atoms with E-state index in [2.05, 4.69) is 12.1 Å². The maximum atomic E-state index is 8.33. The van der Waals surface area contributed by atoms with Gasteiger partial charge in [0.25, 0.3) is 6.26 Å². The van der Waals surface area contributed by atoms with Crippen molar-refractivity contribution in [1.29, 1.82) is 5.26 Å². The molecule has 0 radical (unpaired) electrons. The average molecular weight is 187 g/mol. The highest BCUT2D eigenvalue weighted by Crippen LogP contribution is 2.34. The fourth-order valence-electron chi connectivity index (χ4n) is 2.12. The van der Waals surface area contributed by atoms with Gasteiger partial charge >= 0.3 is 0 Å². The smallest absolute Gasteiger partial charge is 0.292 e. The lowest BCUT2D eigenvalue weighted by molar-refractivity contribution is 0.506. The van der Waals surface area contributed by atoms with E-state index in [1.807, 2.05) is 12.1 Å². The van der Waals surface area contributed by atoms with Crippen molar-refractivity contribution in [2.45, 2.75) is 31.6 Å². The monoisotopic (exact) mass is 187 g/mol. The largest absolute Gasteiger partial charge is 0.388 e. The Bertz CT molecular complexity index is 330. The van der Waals surface area contributed by atoms with Gasteiger partial charge in [0.15, 0.2) is 0 Å². The fourth-order valence-corrected chi connectivity index (χ4v) is 2.12. The lowest BCUT2D eigenvalue weighted by Crippen LogP contribution is -1.91. The van der Waals surface area contributed by atoms with Gasteiger partial charge in [-0.15, -0.1) is 5.26 Å². The Balaban J connectivity index is 2.09. The van der Waals surface area contributed by atoms with Gasteiger partial charge in [0.1, 0.15) is 5.75 Å². The molecule has 2 heteroatoms. The number of ether oxygens (including phenoxy) is 1. The van der Waals surface area contributed by atoms with E-state index in [0.717, 1.165) is 5.92 Å². The van der Waals surface area contributed by atoms with E-state index in [1.165, 1.54) is 31.2 Å². The second kappa shape index (κ2) is 4.15. The lowest BCUT2D eigenvalue weighted by Gasteiger charge is -2.08. The summed E-state index contributed by atoms with van der Waals surface area (Å²) in [5.41, 5.74) is 1.38. The molecule has 0 N–H and O–H groups in total. The summed E-state index contributed by atoms with van der Waals surface area (Å²) in [6, 6.07) is 7.89. The SMILES string of the molecule is N#COc1ccc(C2CCCC2)cc1. The Morgan fingerprint density at radius 1 is 1.14 bits per heavy atom. The molecule has 0 aromatic heterocycles. The molecule has 72 valence electrons. The van der Waals surface area contributed by atoms with Gasteiger partial charge in [-0.1, -0.05) is 25.0 Å². The van der Waals surface area contributed by atoms with Crippen LogP contribution in [-0.2, 0) is 0 Å². The van der Waals surface area contributed by atoms with Crippen LogP contribution in [0.15, 0.2) is 24.3 Å². The molecule has 1 aliphatic carbocycles. The van der Waals surface area contributed by atoms with Gasteiger partial charge < -0.3 is 4.74 Å². The summed E-state index contributed by atoms with van der Waals surface area (Å²) in [5.74, 6) is 1.36. The first-order valence-electron chi connectivity index (χ1n) is 5.06. The van der Waals surface area contributed by atoms with Crippen molar-refractivity contribution in [3.05, 3.63) is 29.8 Å². The lowest BCUT2D eigenvalue weighted by atomic mass is 9.98. The van der Waals surface area contributed by atoms with Gasteiger partial charge in [0, 0.05) is 0 Å². The van der Waals surface area contributed by atoms with Crippen LogP contribution in [0.25, 0.3) is 0 Å². The number of benzene rings is 1. The highest BCUT2D eigenvalue weighted by molar-refractivity contribution is 5.30. The second-order valence-corrected chi connectivity index (χ2v) is 3.74. The van der Waals surface area contributed by atoms with Crippen molar-refractivity contribution >= 4 is 0 Å². The first-order chi connectivity index (χ1) is 6.90. The molecule has 2 nitrogen and oxygen atoms in total. The van der Waals surface area contributed by atoms with E-state index >= 15 is 0 Å².